The Morgan fingerprint density at radius 2 is 2.23 bits per heavy atom. The molecular weight excluding hydrogens is 297 g/mol. The summed E-state index contributed by atoms with van der Waals surface area (Å²) in [5.74, 6) is -0.813. The van der Waals surface area contributed by atoms with Crippen LogP contribution in [0.4, 0.5) is 19.0 Å². The maximum absolute atomic E-state index is 12.7. The summed E-state index contributed by atoms with van der Waals surface area (Å²) in [7, 11) is 0. The van der Waals surface area contributed by atoms with Crippen LogP contribution >= 0.6 is 0 Å². The van der Waals surface area contributed by atoms with Crippen LogP contribution in [0.15, 0.2) is 12.1 Å². The highest BCUT2D eigenvalue weighted by Crippen LogP contribution is 2.53. The molecule has 0 spiro atoms. The van der Waals surface area contributed by atoms with Crippen molar-refractivity contribution in [2.24, 2.45) is 5.41 Å². The van der Waals surface area contributed by atoms with Gasteiger partial charge in [0.05, 0.1) is 11.6 Å². The van der Waals surface area contributed by atoms with Gasteiger partial charge in [-0.1, -0.05) is 6.92 Å². The molecule has 22 heavy (non-hydrogen) atoms. The van der Waals surface area contributed by atoms with Crippen LogP contribution in [-0.2, 0) is 11.0 Å². The van der Waals surface area contributed by atoms with Gasteiger partial charge in [-0.15, -0.1) is 0 Å². The molecule has 1 saturated heterocycles. The molecule has 1 saturated carbocycles. The molecule has 1 aromatic rings. The van der Waals surface area contributed by atoms with Crippen LogP contribution in [0.2, 0.25) is 0 Å². The van der Waals surface area contributed by atoms with Crippen molar-refractivity contribution in [1.82, 2.24) is 10.3 Å². The number of alkyl halides is 3. The molecule has 3 unspecified atom stereocenters. The molecule has 3 atom stereocenters. The molecule has 1 aromatic heterocycles. The molecule has 0 radical (unpaired) electrons. The molecule has 1 aliphatic carbocycles. The number of hydrogen-bond acceptors (Lipinski definition) is 4. The number of nitrogens with one attached hydrogen (secondary N) is 2. The van der Waals surface area contributed by atoms with Crippen molar-refractivity contribution in [3.63, 3.8) is 0 Å². The van der Waals surface area contributed by atoms with Crippen molar-refractivity contribution in [3.05, 3.63) is 23.4 Å². The Morgan fingerprint density at radius 1 is 1.50 bits per heavy atom. The lowest BCUT2D eigenvalue weighted by atomic mass is 10.0. The number of anilines is 1. The van der Waals surface area contributed by atoms with E-state index in [2.05, 4.69) is 22.5 Å². The van der Waals surface area contributed by atoms with E-state index in [1.807, 2.05) is 0 Å². The number of hydrogen-bond donors (Lipinski definition) is 2. The largest absolute Gasteiger partial charge is 0.433 e. The molecule has 1 aliphatic heterocycles. The predicted molar refractivity (Wildman–Crippen MR) is 70.6 cm³/mol. The Labute approximate surface area is 124 Å². The van der Waals surface area contributed by atoms with Crippen molar-refractivity contribution in [2.45, 2.75) is 38.0 Å². The molecule has 2 aliphatic rings. The fraction of sp³-hybridized carbons (Fsp3) is 0.500. The highest BCUT2D eigenvalue weighted by atomic mass is 19.4. The topological polar surface area (TPSA) is 77.8 Å². The molecule has 5 nitrogen and oxygen atoms in total. The van der Waals surface area contributed by atoms with E-state index in [1.54, 1.807) is 6.07 Å². The summed E-state index contributed by atoms with van der Waals surface area (Å²) < 4.78 is 38.0. The number of fused-ring (bicyclic) bond motifs is 1. The summed E-state index contributed by atoms with van der Waals surface area (Å²) in [6.07, 6.45) is -3.00. The van der Waals surface area contributed by atoms with E-state index in [9.17, 15) is 18.0 Å². The van der Waals surface area contributed by atoms with Gasteiger partial charge in [0.2, 0.25) is 5.91 Å². The highest BCUT2D eigenvalue weighted by Gasteiger charge is 2.58. The molecule has 116 valence electrons. The second-order valence-corrected chi connectivity index (χ2v) is 6.03. The van der Waals surface area contributed by atoms with Crippen molar-refractivity contribution in [2.75, 3.05) is 5.32 Å². The monoisotopic (exact) mass is 310 g/mol. The zero-order valence-corrected chi connectivity index (χ0v) is 11.7. The fourth-order valence-corrected chi connectivity index (χ4v) is 2.84. The minimum Gasteiger partial charge on any atom is -0.308 e. The maximum atomic E-state index is 12.7. The lowest BCUT2D eigenvalue weighted by Gasteiger charge is -2.15. The second-order valence-electron chi connectivity index (χ2n) is 6.03. The quantitative estimate of drug-likeness (QED) is 0.876. The summed E-state index contributed by atoms with van der Waals surface area (Å²) >= 11 is 0. The number of nitrogens with zero attached hydrogens (tertiary/aromatic N) is 2. The van der Waals surface area contributed by atoms with Crippen LogP contribution in [0.25, 0.3) is 0 Å². The number of halogens is 3. The van der Waals surface area contributed by atoms with Crippen LogP contribution in [0.1, 0.15) is 31.0 Å². The lowest BCUT2D eigenvalue weighted by molar-refractivity contribution is -0.141. The first-order valence-electron chi connectivity index (χ1n) is 6.78. The summed E-state index contributed by atoms with van der Waals surface area (Å²) in [5, 5.41) is 14.4. The zero-order chi connectivity index (χ0) is 16.1. The molecule has 2 heterocycles. The van der Waals surface area contributed by atoms with Gasteiger partial charge in [-0.05, 0) is 30.4 Å². The van der Waals surface area contributed by atoms with Gasteiger partial charge in [0, 0.05) is 6.04 Å². The second kappa shape index (κ2) is 4.68. The van der Waals surface area contributed by atoms with Crippen molar-refractivity contribution in [1.29, 1.82) is 5.26 Å². The highest BCUT2D eigenvalue weighted by molar-refractivity contribution is 5.95. The third-order valence-electron chi connectivity index (χ3n) is 4.29. The molecule has 0 aromatic carbocycles. The number of piperidine rings is 1. The number of pyridine rings is 1. The molecular formula is C14H13F3N4O. The van der Waals surface area contributed by atoms with Gasteiger partial charge in [0.1, 0.15) is 11.8 Å². The van der Waals surface area contributed by atoms with E-state index in [4.69, 9.17) is 5.26 Å². The Bertz CT molecular complexity index is 682. The van der Waals surface area contributed by atoms with Crippen LogP contribution < -0.4 is 10.6 Å². The zero-order valence-electron chi connectivity index (χ0n) is 11.7. The fourth-order valence-electron chi connectivity index (χ4n) is 2.84. The van der Waals surface area contributed by atoms with E-state index in [0.29, 0.717) is 6.42 Å². The van der Waals surface area contributed by atoms with Gasteiger partial charge >= 0.3 is 6.18 Å². The van der Waals surface area contributed by atoms with Gasteiger partial charge < -0.3 is 10.6 Å². The average Bonchev–Trinajstić information content (AvgIpc) is 2.95. The van der Waals surface area contributed by atoms with Gasteiger partial charge in [-0.25, -0.2) is 4.98 Å². The van der Waals surface area contributed by atoms with Gasteiger partial charge in [-0.3, -0.25) is 4.79 Å². The first-order valence-corrected chi connectivity index (χ1v) is 6.78. The first-order chi connectivity index (χ1) is 10.2. The van der Waals surface area contributed by atoms with E-state index in [0.717, 1.165) is 18.6 Å². The number of rotatable bonds is 2. The minimum atomic E-state index is -4.63. The summed E-state index contributed by atoms with van der Waals surface area (Å²) in [6, 6.07) is 3.28. The number of carbonyl (C=O) groups excluding carboxylic acids is 1. The number of carbonyl (C=O) groups is 1. The maximum Gasteiger partial charge on any atom is 0.433 e. The third-order valence-corrected chi connectivity index (χ3v) is 4.29. The third kappa shape index (κ3) is 2.52. The minimum absolute atomic E-state index is 0.0985. The van der Waals surface area contributed by atoms with Crippen LogP contribution in [0.5, 0.6) is 0 Å². The normalized spacial score (nSPS) is 29.6. The molecule has 8 heteroatoms. The molecule has 2 fully saturated rings. The number of aromatic nitrogens is 1. The Kier molecular flexibility index (Phi) is 3.14. The van der Waals surface area contributed by atoms with E-state index < -0.39 is 23.8 Å². The van der Waals surface area contributed by atoms with Crippen molar-refractivity contribution in [3.8, 4) is 6.07 Å². The van der Waals surface area contributed by atoms with E-state index >= 15 is 0 Å². The Morgan fingerprint density at radius 3 is 2.77 bits per heavy atom. The van der Waals surface area contributed by atoms with Gasteiger partial charge in [0.25, 0.3) is 0 Å². The average molecular weight is 310 g/mol. The number of amides is 1. The van der Waals surface area contributed by atoms with Crippen LogP contribution in [0.3, 0.4) is 0 Å². The van der Waals surface area contributed by atoms with E-state index in [1.165, 1.54) is 0 Å². The lowest BCUT2D eigenvalue weighted by Crippen LogP contribution is -2.38. The molecule has 1 amide bonds. The smallest absolute Gasteiger partial charge is 0.308 e. The molecule has 2 N–H and O–H groups in total. The number of nitriles is 1. The van der Waals surface area contributed by atoms with E-state index in [-0.39, 0.29) is 22.8 Å². The summed E-state index contributed by atoms with van der Waals surface area (Å²) in [5.41, 5.74) is -1.15. The summed E-state index contributed by atoms with van der Waals surface area (Å²) in [4.78, 5) is 15.5. The standard InChI is InChI=1S/C14H13F3N4O/c1-13-4-8(19-10(13)5-13)12(22)21-11-7(6-18)2-3-9(20-11)14(15,16)17/h2-3,8,10,19H,4-5H2,1H3,(H,20,21,22). The first kappa shape index (κ1) is 14.8. The van der Waals surface area contributed by atoms with Gasteiger partial charge in [-0.2, -0.15) is 18.4 Å². The van der Waals surface area contributed by atoms with Gasteiger partial charge in [0.15, 0.2) is 5.82 Å². The Balaban J connectivity index is 1.79. The van der Waals surface area contributed by atoms with Crippen molar-refractivity contribution < 1.29 is 18.0 Å². The molecule has 3 rings (SSSR count). The summed E-state index contributed by atoms with van der Waals surface area (Å²) in [6.45, 7) is 2.06. The van der Waals surface area contributed by atoms with Crippen molar-refractivity contribution >= 4 is 11.7 Å². The van der Waals surface area contributed by atoms with Crippen LogP contribution in [-0.4, -0.2) is 23.0 Å². The predicted octanol–water partition coefficient (Wildman–Crippen LogP) is 2.05. The molecule has 0 bridgehead atoms. The Hall–Kier alpha value is -2.14. The van der Waals surface area contributed by atoms with Crippen LogP contribution in [0, 0.1) is 16.7 Å². The SMILES string of the molecule is CC12CC(C(=O)Nc3nc(C(F)(F)F)ccc3C#N)NC1C2.